The fourth-order valence-corrected chi connectivity index (χ4v) is 5.56. The molecule has 3 saturated heterocycles. The molecule has 4 aliphatic rings. The molecule has 3 heterocycles. The first-order chi connectivity index (χ1) is 15.1. The molecule has 4 heteroatoms. The molecule has 0 spiro atoms. The summed E-state index contributed by atoms with van der Waals surface area (Å²) in [6, 6.07) is 15.7. The molecule has 0 aromatic heterocycles. The van der Waals surface area contributed by atoms with Gasteiger partial charge in [-0.15, -0.1) is 0 Å². The molecular formula is C27H34N2O2. The zero-order valence-electron chi connectivity index (χ0n) is 18.8. The highest BCUT2D eigenvalue weighted by molar-refractivity contribution is 5.69. The van der Waals surface area contributed by atoms with Crippen molar-refractivity contribution in [3.63, 3.8) is 0 Å². The second-order valence-corrected chi connectivity index (χ2v) is 9.86. The van der Waals surface area contributed by atoms with Gasteiger partial charge < -0.3 is 10.1 Å². The summed E-state index contributed by atoms with van der Waals surface area (Å²) in [5, 5.41) is 3.18. The maximum Gasteiger partial charge on any atom is 0.407 e. The normalized spacial score (nSPS) is 27.1. The molecule has 6 rings (SSSR count). The Labute approximate surface area is 186 Å². The molecule has 4 nitrogen and oxygen atoms in total. The standard InChI is InChI=1S/C27H34N2O2/c1-18(2)19-6-8-20(9-7-19)22-10-11-24-23(16-22)4-3-5-25(24)28-27(30)31-26-17-29-14-12-21(26)13-15-29/h6-11,16,18,21,25-26H,3-5,12-15,17H2,1-2H3,(H,28,30)/t25?,26-/m1/s1. The van der Waals surface area contributed by atoms with Crippen molar-refractivity contribution in [3.05, 3.63) is 59.2 Å². The van der Waals surface area contributed by atoms with Gasteiger partial charge in [0.25, 0.3) is 0 Å². The third-order valence-electron chi connectivity index (χ3n) is 7.51. The van der Waals surface area contributed by atoms with Crippen LogP contribution in [0, 0.1) is 5.92 Å². The number of hydrogen-bond donors (Lipinski definition) is 1. The minimum Gasteiger partial charge on any atom is -0.445 e. The third kappa shape index (κ3) is 4.36. The van der Waals surface area contributed by atoms with Crippen molar-refractivity contribution < 1.29 is 9.53 Å². The van der Waals surface area contributed by atoms with Gasteiger partial charge in [-0.25, -0.2) is 4.79 Å². The number of ether oxygens (including phenoxy) is 1. The quantitative estimate of drug-likeness (QED) is 0.695. The molecule has 2 atom stereocenters. The van der Waals surface area contributed by atoms with Crippen LogP contribution in [0.25, 0.3) is 11.1 Å². The minimum atomic E-state index is -0.245. The number of nitrogens with zero attached hydrogens (tertiary/aromatic N) is 1. The first-order valence-corrected chi connectivity index (χ1v) is 12.0. The average Bonchev–Trinajstić information content (AvgIpc) is 2.80. The van der Waals surface area contributed by atoms with E-state index in [0.29, 0.717) is 11.8 Å². The molecule has 2 aromatic rings. The van der Waals surface area contributed by atoms with Crippen LogP contribution in [0.4, 0.5) is 4.79 Å². The Morgan fingerprint density at radius 3 is 2.45 bits per heavy atom. The summed E-state index contributed by atoms with van der Waals surface area (Å²) in [6.45, 7) is 7.67. The summed E-state index contributed by atoms with van der Waals surface area (Å²) < 4.78 is 5.87. The van der Waals surface area contributed by atoms with Crippen molar-refractivity contribution in [2.24, 2.45) is 5.92 Å². The maximum atomic E-state index is 12.7. The second-order valence-electron chi connectivity index (χ2n) is 9.86. The molecular weight excluding hydrogens is 384 g/mol. The van der Waals surface area contributed by atoms with Crippen molar-refractivity contribution in [3.8, 4) is 11.1 Å². The Hall–Kier alpha value is -2.33. The van der Waals surface area contributed by atoms with Gasteiger partial charge in [-0.2, -0.15) is 0 Å². The van der Waals surface area contributed by atoms with Crippen LogP contribution in [0.5, 0.6) is 0 Å². The summed E-state index contributed by atoms with van der Waals surface area (Å²) in [6.07, 6.45) is 5.26. The Balaban J connectivity index is 1.27. The van der Waals surface area contributed by atoms with E-state index in [4.69, 9.17) is 4.74 Å². The summed E-state index contributed by atoms with van der Waals surface area (Å²) in [5.41, 5.74) is 6.48. The van der Waals surface area contributed by atoms with Crippen LogP contribution in [-0.4, -0.2) is 36.7 Å². The van der Waals surface area contributed by atoms with Crippen LogP contribution in [0.3, 0.4) is 0 Å². The first kappa shape index (κ1) is 20.6. The van der Waals surface area contributed by atoms with Crippen molar-refractivity contribution in [1.29, 1.82) is 0 Å². The van der Waals surface area contributed by atoms with E-state index >= 15 is 0 Å². The lowest BCUT2D eigenvalue weighted by atomic mass is 9.85. The van der Waals surface area contributed by atoms with Gasteiger partial charge in [-0.1, -0.05) is 56.3 Å². The van der Waals surface area contributed by atoms with Gasteiger partial charge in [0, 0.05) is 6.54 Å². The van der Waals surface area contributed by atoms with Gasteiger partial charge >= 0.3 is 6.09 Å². The van der Waals surface area contributed by atoms with Crippen LogP contribution < -0.4 is 5.32 Å². The zero-order valence-corrected chi connectivity index (χ0v) is 18.8. The fourth-order valence-electron chi connectivity index (χ4n) is 5.56. The van der Waals surface area contributed by atoms with E-state index in [1.54, 1.807) is 0 Å². The van der Waals surface area contributed by atoms with Gasteiger partial charge in [-0.05, 0) is 84.8 Å². The van der Waals surface area contributed by atoms with Gasteiger partial charge in [0.15, 0.2) is 0 Å². The highest BCUT2D eigenvalue weighted by atomic mass is 16.6. The van der Waals surface area contributed by atoms with Gasteiger partial charge in [0.2, 0.25) is 0 Å². The predicted molar refractivity (Wildman–Crippen MR) is 124 cm³/mol. The van der Waals surface area contributed by atoms with E-state index in [9.17, 15) is 4.79 Å². The number of carbonyl (C=O) groups is 1. The van der Waals surface area contributed by atoms with Crippen molar-refractivity contribution in [1.82, 2.24) is 10.2 Å². The maximum absolute atomic E-state index is 12.7. The SMILES string of the molecule is CC(C)c1ccc(-c2ccc3c(c2)CCCC3NC(=O)O[C@@H]2CN3CCC2CC3)cc1. The van der Waals surface area contributed by atoms with E-state index in [2.05, 4.69) is 66.5 Å². The van der Waals surface area contributed by atoms with Gasteiger partial charge in [0.05, 0.1) is 6.04 Å². The molecule has 0 saturated carbocycles. The number of fused-ring (bicyclic) bond motifs is 4. The molecule has 0 radical (unpaired) electrons. The molecule has 1 N–H and O–H groups in total. The number of aryl methyl sites for hydroxylation is 1. The summed E-state index contributed by atoms with van der Waals surface area (Å²) in [4.78, 5) is 15.1. The highest BCUT2D eigenvalue weighted by Gasteiger charge is 2.37. The van der Waals surface area contributed by atoms with E-state index in [-0.39, 0.29) is 18.2 Å². The summed E-state index contributed by atoms with van der Waals surface area (Å²) in [5.74, 6) is 1.09. The number of alkyl carbamates (subject to hydrolysis) is 1. The largest absolute Gasteiger partial charge is 0.445 e. The van der Waals surface area contributed by atoms with Crippen LogP contribution in [-0.2, 0) is 11.2 Å². The zero-order chi connectivity index (χ0) is 21.4. The van der Waals surface area contributed by atoms with Crippen molar-refractivity contribution in [2.45, 2.75) is 64.0 Å². The van der Waals surface area contributed by atoms with Crippen LogP contribution in [0.1, 0.15) is 68.2 Å². The molecule has 164 valence electrons. The number of benzene rings is 2. The second kappa shape index (κ2) is 8.66. The van der Waals surface area contributed by atoms with E-state index in [1.807, 2.05) is 0 Å². The Morgan fingerprint density at radius 2 is 1.77 bits per heavy atom. The van der Waals surface area contributed by atoms with E-state index < -0.39 is 0 Å². The lowest BCUT2D eigenvalue weighted by Crippen LogP contribution is -2.52. The molecule has 3 aliphatic heterocycles. The number of rotatable bonds is 4. The molecule has 2 aromatic carbocycles. The van der Waals surface area contributed by atoms with E-state index in [0.717, 1.165) is 51.7 Å². The molecule has 2 bridgehead atoms. The first-order valence-electron chi connectivity index (χ1n) is 12.0. The number of hydrogen-bond acceptors (Lipinski definition) is 3. The Bertz CT molecular complexity index is 929. The average molecular weight is 419 g/mol. The number of carbonyl (C=O) groups excluding carboxylic acids is 1. The third-order valence-corrected chi connectivity index (χ3v) is 7.51. The molecule has 3 fully saturated rings. The molecule has 1 aliphatic carbocycles. The van der Waals surface area contributed by atoms with Crippen molar-refractivity contribution in [2.75, 3.05) is 19.6 Å². The topological polar surface area (TPSA) is 41.6 Å². The van der Waals surface area contributed by atoms with Crippen LogP contribution in [0.15, 0.2) is 42.5 Å². The van der Waals surface area contributed by atoms with Crippen molar-refractivity contribution >= 4 is 6.09 Å². The number of nitrogens with one attached hydrogen (secondary N) is 1. The molecule has 1 unspecified atom stereocenters. The highest BCUT2D eigenvalue weighted by Crippen LogP contribution is 2.34. The lowest BCUT2D eigenvalue weighted by molar-refractivity contribution is -0.0340. The number of piperidine rings is 3. The van der Waals surface area contributed by atoms with Gasteiger partial charge in [-0.3, -0.25) is 4.90 Å². The van der Waals surface area contributed by atoms with Gasteiger partial charge in [0.1, 0.15) is 6.10 Å². The minimum absolute atomic E-state index is 0.0506. The lowest BCUT2D eigenvalue weighted by Gasteiger charge is -2.44. The monoisotopic (exact) mass is 418 g/mol. The predicted octanol–water partition coefficient (Wildman–Crippen LogP) is 5.67. The molecule has 1 amide bonds. The van der Waals surface area contributed by atoms with Crippen LogP contribution in [0.2, 0.25) is 0 Å². The fraction of sp³-hybridized carbons (Fsp3) is 0.519. The summed E-state index contributed by atoms with van der Waals surface area (Å²) >= 11 is 0. The molecule has 31 heavy (non-hydrogen) atoms. The Kier molecular flexibility index (Phi) is 5.75. The Morgan fingerprint density at radius 1 is 1.03 bits per heavy atom. The number of amides is 1. The smallest absolute Gasteiger partial charge is 0.407 e. The van der Waals surface area contributed by atoms with Crippen LogP contribution >= 0.6 is 0 Å². The summed E-state index contributed by atoms with van der Waals surface area (Å²) in [7, 11) is 0. The van der Waals surface area contributed by atoms with E-state index in [1.165, 1.54) is 27.8 Å².